The average Bonchev–Trinajstić information content (AvgIpc) is 2.53. The lowest BCUT2D eigenvalue weighted by Crippen LogP contribution is -2.23. The summed E-state index contributed by atoms with van der Waals surface area (Å²) in [6.45, 7) is 8.55. The molecule has 0 saturated carbocycles. The molecule has 3 N–H and O–H groups in total. The Kier molecular flexibility index (Phi) is 10.8. The maximum Gasteiger partial charge on any atom is 0.179 e. The van der Waals surface area contributed by atoms with Crippen LogP contribution in [0, 0.1) is 0 Å². The molecule has 0 saturated heterocycles. The lowest BCUT2D eigenvalue weighted by atomic mass is 10.2. The summed E-state index contributed by atoms with van der Waals surface area (Å²) in [5.74, 6) is 1.34. The van der Waals surface area contributed by atoms with Crippen molar-refractivity contribution in [2.75, 3.05) is 39.5 Å². The van der Waals surface area contributed by atoms with E-state index in [1.807, 2.05) is 19.1 Å². The summed E-state index contributed by atoms with van der Waals surface area (Å²) in [6, 6.07) is 3.91. The first-order chi connectivity index (χ1) is 11.2. The van der Waals surface area contributed by atoms with Crippen molar-refractivity contribution in [2.45, 2.75) is 33.2 Å². The molecule has 0 aliphatic heterocycles. The van der Waals surface area contributed by atoms with Gasteiger partial charge in [-0.1, -0.05) is 18.5 Å². The van der Waals surface area contributed by atoms with Crippen LogP contribution < -0.4 is 20.1 Å². The molecule has 0 aliphatic carbocycles. The molecule has 1 aromatic carbocycles. The molecular formula is C17H29ClN2O3. The summed E-state index contributed by atoms with van der Waals surface area (Å²) in [5.41, 5.74) is 1.07. The summed E-state index contributed by atoms with van der Waals surface area (Å²) in [6.07, 6.45) is 1.93. The predicted molar refractivity (Wildman–Crippen MR) is 94.7 cm³/mol. The highest BCUT2D eigenvalue weighted by atomic mass is 35.5. The van der Waals surface area contributed by atoms with Crippen LogP contribution >= 0.6 is 11.6 Å². The summed E-state index contributed by atoms with van der Waals surface area (Å²) in [4.78, 5) is 0. The van der Waals surface area contributed by atoms with Crippen molar-refractivity contribution in [1.29, 1.82) is 0 Å². The molecule has 6 heteroatoms. The van der Waals surface area contributed by atoms with Gasteiger partial charge in [0.25, 0.3) is 0 Å². The number of rotatable bonds is 13. The summed E-state index contributed by atoms with van der Waals surface area (Å²) in [5, 5.41) is 15.8. The van der Waals surface area contributed by atoms with Crippen molar-refractivity contribution < 1.29 is 14.6 Å². The smallest absolute Gasteiger partial charge is 0.179 e. The average molecular weight is 345 g/mol. The quantitative estimate of drug-likeness (QED) is 0.480. The summed E-state index contributed by atoms with van der Waals surface area (Å²) >= 11 is 6.34. The van der Waals surface area contributed by atoms with E-state index in [1.165, 1.54) is 0 Å². The van der Waals surface area contributed by atoms with E-state index in [0.717, 1.165) is 38.0 Å². The molecule has 0 amide bonds. The lowest BCUT2D eigenvalue weighted by Gasteiger charge is -2.15. The number of aliphatic hydroxyl groups is 1. The summed E-state index contributed by atoms with van der Waals surface area (Å²) in [7, 11) is 0. The lowest BCUT2D eigenvalue weighted by molar-refractivity contribution is 0.277. The molecule has 0 aromatic heterocycles. The Hall–Kier alpha value is -1.01. The van der Waals surface area contributed by atoms with E-state index in [9.17, 15) is 0 Å². The Morgan fingerprint density at radius 3 is 2.57 bits per heavy atom. The highest BCUT2D eigenvalue weighted by molar-refractivity contribution is 6.32. The second-order valence-electron chi connectivity index (χ2n) is 5.19. The number of aliphatic hydroxyl groups excluding tert-OH is 1. The molecular weight excluding hydrogens is 316 g/mol. The maximum absolute atomic E-state index is 8.68. The van der Waals surface area contributed by atoms with Crippen LogP contribution in [0.4, 0.5) is 0 Å². The van der Waals surface area contributed by atoms with E-state index >= 15 is 0 Å². The fourth-order valence-corrected chi connectivity index (χ4v) is 2.39. The highest BCUT2D eigenvalue weighted by Crippen LogP contribution is 2.36. The molecule has 1 rings (SSSR count). The van der Waals surface area contributed by atoms with Gasteiger partial charge in [-0.2, -0.15) is 0 Å². The minimum atomic E-state index is 0.179. The van der Waals surface area contributed by atoms with E-state index in [2.05, 4.69) is 17.6 Å². The topological polar surface area (TPSA) is 62.8 Å². The molecule has 1 aromatic rings. The monoisotopic (exact) mass is 344 g/mol. The Morgan fingerprint density at radius 2 is 1.87 bits per heavy atom. The van der Waals surface area contributed by atoms with E-state index < -0.39 is 0 Å². The van der Waals surface area contributed by atoms with Crippen LogP contribution in [0.5, 0.6) is 11.5 Å². The second kappa shape index (κ2) is 12.4. The van der Waals surface area contributed by atoms with Gasteiger partial charge in [-0.25, -0.2) is 0 Å². The number of hydrogen-bond acceptors (Lipinski definition) is 5. The zero-order valence-corrected chi connectivity index (χ0v) is 14.9. The van der Waals surface area contributed by atoms with Gasteiger partial charge in [-0.05, 0) is 50.6 Å². The van der Waals surface area contributed by atoms with Crippen molar-refractivity contribution in [3.8, 4) is 11.5 Å². The van der Waals surface area contributed by atoms with E-state index in [0.29, 0.717) is 36.3 Å². The Morgan fingerprint density at radius 1 is 1.09 bits per heavy atom. The standard InChI is InChI=1S/C17H29ClN2O3/c1-3-10-23-17-15(18)11-14(12-16(17)22-4-2)13-20-7-5-6-19-8-9-21/h11-12,19-21H,3-10,13H2,1-2H3. The van der Waals surface area contributed by atoms with Crippen molar-refractivity contribution in [3.63, 3.8) is 0 Å². The molecule has 0 unspecified atom stereocenters. The fourth-order valence-electron chi connectivity index (χ4n) is 2.11. The van der Waals surface area contributed by atoms with Crippen molar-refractivity contribution >= 4 is 11.6 Å². The van der Waals surface area contributed by atoms with Gasteiger partial charge in [0.05, 0.1) is 24.8 Å². The fraction of sp³-hybridized carbons (Fsp3) is 0.647. The Labute approximate surface area is 144 Å². The number of hydrogen-bond donors (Lipinski definition) is 3. The van der Waals surface area contributed by atoms with Gasteiger partial charge in [0, 0.05) is 13.1 Å². The Bertz CT molecular complexity index is 444. The van der Waals surface area contributed by atoms with Gasteiger partial charge in [-0.3, -0.25) is 0 Å². The molecule has 0 bridgehead atoms. The van der Waals surface area contributed by atoms with Gasteiger partial charge < -0.3 is 25.2 Å². The van der Waals surface area contributed by atoms with Crippen LogP contribution in [0.15, 0.2) is 12.1 Å². The molecule has 0 spiro atoms. The first-order valence-corrected chi connectivity index (χ1v) is 8.71. The molecule has 0 heterocycles. The molecule has 23 heavy (non-hydrogen) atoms. The van der Waals surface area contributed by atoms with Crippen LogP contribution in [0.3, 0.4) is 0 Å². The summed E-state index contributed by atoms with van der Waals surface area (Å²) < 4.78 is 11.4. The zero-order valence-electron chi connectivity index (χ0n) is 14.2. The van der Waals surface area contributed by atoms with E-state index in [1.54, 1.807) is 0 Å². The van der Waals surface area contributed by atoms with Gasteiger partial charge in [0.1, 0.15) is 0 Å². The Balaban J connectivity index is 2.52. The van der Waals surface area contributed by atoms with Crippen molar-refractivity contribution in [2.24, 2.45) is 0 Å². The second-order valence-corrected chi connectivity index (χ2v) is 5.60. The first kappa shape index (κ1) is 20.0. The van der Waals surface area contributed by atoms with Crippen LogP contribution in [-0.4, -0.2) is 44.6 Å². The molecule has 0 aliphatic rings. The predicted octanol–water partition coefficient (Wildman–Crippen LogP) is 2.59. The molecule has 132 valence electrons. The number of ether oxygens (including phenoxy) is 2. The van der Waals surface area contributed by atoms with E-state index in [-0.39, 0.29) is 6.61 Å². The highest BCUT2D eigenvalue weighted by Gasteiger charge is 2.12. The van der Waals surface area contributed by atoms with E-state index in [4.69, 9.17) is 26.2 Å². The molecule has 0 fully saturated rings. The minimum absolute atomic E-state index is 0.179. The normalized spacial score (nSPS) is 10.8. The van der Waals surface area contributed by atoms with Gasteiger partial charge in [-0.15, -0.1) is 0 Å². The third-order valence-corrected chi connectivity index (χ3v) is 3.43. The molecule has 0 atom stereocenters. The van der Waals surface area contributed by atoms with Crippen LogP contribution in [0.1, 0.15) is 32.3 Å². The van der Waals surface area contributed by atoms with Crippen molar-refractivity contribution in [1.82, 2.24) is 10.6 Å². The van der Waals surface area contributed by atoms with Crippen LogP contribution in [0.2, 0.25) is 5.02 Å². The van der Waals surface area contributed by atoms with Crippen LogP contribution in [0.25, 0.3) is 0 Å². The van der Waals surface area contributed by atoms with Gasteiger partial charge in [0.15, 0.2) is 11.5 Å². The van der Waals surface area contributed by atoms with Gasteiger partial charge in [0.2, 0.25) is 0 Å². The SMILES string of the molecule is CCCOc1c(Cl)cc(CNCCCNCCO)cc1OCC. The zero-order chi connectivity index (χ0) is 16.9. The maximum atomic E-state index is 8.68. The number of halogens is 1. The number of benzene rings is 1. The van der Waals surface area contributed by atoms with Crippen LogP contribution in [-0.2, 0) is 6.54 Å². The number of nitrogens with one attached hydrogen (secondary N) is 2. The minimum Gasteiger partial charge on any atom is -0.490 e. The first-order valence-electron chi connectivity index (χ1n) is 8.33. The third kappa shape index (κ3) is 7.88. The van der Waals surface area contributed by atoms with Crippen molar-refractivity contribution in [3.05, 3.63) is 22.7 Å². The largest absolute Gasteiger partial charge is 0.490 e. The van der Waals surface area contributed by atoms with Gasteiger partial charge >= 0.3 is 0 Å². The molecule has 5 nitrogen and oxygen atoms in total. The molecule has 0 radical (unpaired) electrons. The third-order valence-electron chi connectivity index (χ3n) is 3.14.